The van der Waals surface area contributed by atoms with Crippen molar-refractivity contribution in [1.29, 1.82) is 0 Å². The Labute approximate surface area is 143 Å². The Bertz CT molecular complexity index is 560. The highest BCUT2D eigenvalue weighted by Crippen LogP contribution is 2.19. The highest BCUT2D eigenvalue weighted by molar-refractivity contribution is 6.30. The normalized spacial score (nSPS) is 17.8. The average Bonchev–Trinajstić information content (AvgIpc) is 2.86. The zero-order valence-corrected chi connectivity index (χ0v) is 14.6. The van der Waals surface area contributed by atoms with Gasteiger partial charge in [0.15, 0.2) is 0 Å². The third-order valence-electron chi connectivity index (χ3n) is 4.16. The summed E-state index contributed by atoms with van der Waals surface area (Å²) in [6.07, 6.45) is 2.06. The molecule has 23 heavy (non-hydrogen) atoms. The van der Waals surface area contributed by atoms with Crippen LogP contribution in [-0.2, 0) is 16.0 Å². The Morgan fingerprint density at radius 2 is 2.22 bits per heavy atom. The van der Waals surface area contributed by atoms with Crippen molar-refractivity contribution in [2.75, 3.05) is 19.6 Å². The molecule has 0 saturated carbocycles. The van der Waals surface area contributed by atoms with Crippen LogP contribution in [0, 0.1) is 11.8 Å². The molecule has 126 valence electrons. The van der Waals surface area contributed by atoms with Gasteiger partial charge in [0.05, 0.1) is 5.92 Å². The number of nitrogens with zero attached hydrogens (tertiary/aromatic N) is 1. The molecular formula is C18H25ClN2O2. The second kappa shape index (κ2) is 8.34. The maximum atomic E-state index is 12.2. The van der Waals surface area contributed by atoms with Crippen LogP contribution in [0.5, 0.6) is 0 Å². The largest absolute Gasteiger partial charge is 0.355 e. The van der Waals surface area contributed by atoms with Crippen molar-refractivity contribution in [2.24, 2.45) is 11.8 Å². The fourth-order valence-corrected chi connectivity index (χ4v) is 2.96. The summed E-state index contributed by atoms with van der Waals surface area (Å²) < 4.78 is 0. The molecule has 0 aromatic heterocycles. The van der Waals surface area contributed by atoms with Gasteiger partial charge in [-0.1, -0.05) is 37.6 Å². The van der Waals surface area contributed by atoms with Gasteiger partial charge in [-0.15, -0.1) is 0 Å². The maximum Gasteiger partial charge on any atom is 0.225 e. The van der Waals surface area contributed by atoms with E-state index in [1.807, 2.05) is 29.2 Å². The second-order valence-corrected chi connectivity index (χ2v) is 7.03. The topological polar surface area (TPSA) is 49.4 Å². The minimum Gasteiger partial charge on any atom is -0.355 e. The minimum atomic E-state index is -0.214. The number of benzene rings is 1. The zero-order chi connectivity index (χ0) is 16.8. The summed E-state index contributed by atoms with van der Waals surface area (Å²) in [7, 11) is 0. The molecule has 0 aliphatic carbocycles. The van der Waals surface area contributed by atoms with Crippen LogP contribution in [0.3, 0.4) is 0 Å². The molecule has 1 fully saturated rings. The Kier molecular flexibility index (Phi) is 6.46. The molecule has 5 heteroatoms. The van der Waals surface area contributed by atoms with E-state index in [2.05, 4.69) is 19.2 Å². The predicted molar refractivity (Wildman–Crippen MR) is 92.3 cm³/mol. The summed E-state index contributed by atoms with van der Waals surface area (Å²) in [5.74, 6) is 0.426. The van der Waals surface area contributed by atoms with Gasteiger partial charge in [-0.05, 0) is 36.5 Å². The molecule has 1 atom stereocenters. The van der Waals surface area contributed by atoms with E-state index in [9.17, 15) is 9.59 Å². The van der Waals surface area contributed by atoms with Crippen molar-refractivity contribution in [2.45, 2.75) is 33.1 Å². The fraction of sp³-hybridized carbons (Fsp3) is 0.556. The molecule has 1 aromatic carbocycles. The van der Waals surface area contributed by atoms with Crippen LogP contribution in [0.4, 0.5) is 0 Å². The van der Waals surface area contributed by atoms with E-state index in [4.69, 9.17) is 11.6 Å². The monoisotopic (exact) mass is 336 g/mol. The lowest BCUT2D eigenvalue weighted by molar-refractivity contribution is -0.129. The van der Waals surface area contributed by atoms with Gasteiger partial charge in [-0.25, -0.2) is 0 Å². The van der Waals surface area contributed by atoms with Gasteiger partial charge in [-0.3, -0.25) is 9.59 Å². The number of halogens is 1. The second-order valence-electron chi connectivity index (χ2n) is 6.59. The van der Waals surface area contributed by atoms with E-state index >= 15 is 0 Å². The molecule has 1 aromatic rings. The van der Waals surface area contributed by atoms with Gasteiger partial charge in [0.1, 0.15) is 0 Å². The van der Waals surface area contributed by atoms with Gasteiger partial charge >= 0.3 is 0 Å². The number of rotatable bonds is 7. The Morgan fingerprint density at radius 1 is 1.43 bits per heavy atom. The van der Waals surface area contributed by atoms with Crippen LogP contribution >= 0.6 is 11.6 Å². The fourth-order valence-electron chi connectivity index (χ4n) is 2.74. The number of amides is 2. The Morgan fingerprint density at radius 3 is 2.91 bits per heavy atom. The van der Waals surface area contributed by atoms with Crippen LogP contribution in [0.1, 0.15) is 32.3 Å². The smallest absolute Gasteiger partial charge is 0.225 e. The Balaban J connectivity index is 1.75. The third-order valence-corrected chi connectivity index (χ3v) is 4.40. The van der Waals surface area contributed by atoms with Gasteiger partial charge in [0.2, 0.25) is 11.8 Å². The van der Waals surface area contributed by atoms with E-state index < -0.39 is 0 Å². The standard InChI is InChI=1S/C18H25ClN2O2/c1-13(2)7-9-21-12-15(11-17(21)22)18(23)20-8-6-14-4-3-5-16(19)10-14/h3-5,10,13,15H,6-9,11-12H2,1-2H3,(H,20,23). The van der Waals surface area contributed by atoms with Crippen molar-refractivity contribution < 1.29 is 9.59 Å². The van der Waals surface area contributed by atoms with Crippen molar-refractivity contribution in [3.8, 4) is 0 Å². The molecule has 1 heterocycles. The molecule has 0 spiro atoms. The summed E-state index contributed by atoms with van der Waals surface area (Å²) in [6.45, 7) is 6.15. The first-order chi connectivity index (χ1) is 11.0. The first kappa shape index (κ1) is 17.8. The van der Waals surface area contributed by atoms with Crippen LogP contribution in [0.15, 0.2) is 24.3 Å². The number of carbonyl (C=O) groups is 2. The van der Waals surface area contributed by atoms with Crippen LogP contribution in [-0.4, -0.2) is 36.3 Å². The van der Waals surface area contributed by atoms with Gasteiger partial charge in [0.25, 0.3) is 0 Å². The van der Waals surface area contributed by atoms with Crippen LogP contribution < -0.4 is 5.32 Å². The van der Waals surface area contributed by atoms with Gasteiger partial charge in [0, 0.05) is 31.1 Å². The highest BCUT2D eigenvalue weighted by Gasteiger charge is 2.33. The van der Waals surface area contributed by atoms with Gasteiger partial charge in [-0.2, -0.15) is 0 Å². The van der Waals surface area contributed by atoms with Crippen molar-refractivity contribution in [3.63, 3.8) is 0 Å². The SMILES string of the molecule is CC(C)CCN1CC(C(=O)NCCc2cccc(Cl)c2)CC1=O. The molecule has 0 radical (unpaired) electrons. The molecule has 1 aliphatic rings. The number of carbonyl (C=O) groups excluding carboxylic acids is 2. The first-order valence-corrected chi connectivity index (χ1v) is 8.63. The molecule has 1 N–H and O–H groups in total. The first-order valence-electron chi connectivity index (χ1n) is 8.25. The molecule has 2 amide bonds. The summed E-state index contributed by atoms with van der Waals surface area (Å²) >= 11 is 5.94. The molecule has 4 nitrogen and oxygen atoms in total. The van der Waals surface area contributed by atoms with E-state index in [-0.39, 0.29) is 17.7 Å². The number of likely N-dealkylation sites (tertiary alicyclic amines) is 1. The maximum absolute atomic E-state index is 12.2. The molecule has 1 saturated heterocycles. The van der Waals surface area contributed by atoms with Crippen molar-refractivity contribution >= 4 is 23.4 Å². The summed E-state index contributed by atoms with van der Waals surface area (Å²) in [5, 5.41) is 3.64. The van der Waals surface area contributed by atoms with Crippen molar-refractivity contribution in [1.82, 2.24) is 10.2 Å². The number of nitrogens with one attached hydrogen (secondary N) is 1. The van der Waals surface area contributed by atoms with E-state index in [0.717, 1.165) is 24.9 Å². The highest BCUT2D eigenvalue weighted by atomic mass is 35.5. The molecule has 1 unspecified atom stereocenters. The van der Waals surface area contributed by atoms with Crippen LogP contribution in [0.2, 0.25) is 5.02 Å². The molecule has 1 aliphatic heterocycles. The van der Waals surface area contributed by atoms with Crippen LogP contribution in [0.25, 0.3) is 0 Å². The van der Waals surface area contributed by atoms with Crippen molar-refractivity contribution in [3.05, 3.63) is 34.9 Å². The average molecular weight is 337 g/mol. The summed E-state index contributed by atoms with van der Waals surface area (Å²) in [6, 6.07) is 7.63. The zero-order valence-electron chi connectivity index (χ0n) is 13.8. The third kappa shape index (κ3) is 5.54. The summed E-state index contributed by atoms with van der Waals surface area (Å²) in [5.41, 5.74) is 1.10. The Hall–Kier alpha value is -1.55. The lowest BCUT2D eigenvalue weighted by atomic mass is 10.1. The minimum absolute atomic E-state index is 0.0209. The molecular weight excluding hydrogens is 312 g/mol. The van der Waals surface area contributed by atoms with E-state index in [1.165, 1.54) is 0 Å². The quantitative estimate of drug-likeness (QED) is 0.832. The molecule has 2 rings (SSSR count). The van der Waals surface area contributed by atoms with E-state index in [0.29, 0.717) is 30.5 Å². The number of hydrogen-bond donors (Lipinski definition) is 1. The summed E-state index contributed by atoms with van der Waals surface area (Å²) in [4.78, 5) is 26.0. The van der Waals surface area contributed by atoms with E-state index in [1.54, 1.807) is 0 Å². The predicted octanol–water partition coefficient (Wildman–Crippen LogP) is 2.89. The number of hydrogen-bond acceptors (Lipinski definition) is 2. The molecule has 0 bridgehead atoms. The lowest BCUT2D eigenvalue weighted by Gasteiger charge is -2.17. The lowest BCUT2D eigenvalue weighted by Crippen LogP contribution is -2.34. The van der Waals surface area contributed by atoms with Gasteiger partial charge < -0.3 is 10.2 Å².